The Morgan fingerprint density at radius 3 is 2.73 bits per heavy atom. The van der Waals surface area contributed by atoms with Gasteiger partial charge < -0.3 is 19.7 Å². The van der Waals surface area contributed by atoms with E-state index in [1.54, 1.807) is 18.2 Å². The number of esters is 1. The van der Waals surface area contributed by atoms with Crippen molar-refractivity contribution >= 4 is 23.5 Å². The Kier molecular flexibility index (Phi) is 4.98. The standard InChI is InChI=1S/C15H18N2O5/c1-21-12-6-4-3-5-11(12)17-9-10(7-13(17)18)15(20)16-8-14(19)22-2/h3-6,10H,7-9H2,1-2H3,(H,16,20). The fraction of sp³-hybridized carbons (Fsp3) is 0.400. The van der Waals surface area contributed by atoms with E-state index in [0.29, 0.717) is 11.4 Å². The van der Waals surface area contributed by atoms with Crippen molar-refractivity contribution in [3.8, 4) is 5.75 Å². The normalized spacial score (nSPS) is 17.3. The molecule has 0 spiro atoms. The van der Waals surface area contributed by atoms with Crippen molar-refractivity contribution in [2.45, 2.75) is 6.42 Å². The van der Waals surface area contributed by atoms with Crippen molar-refractivity contribution in [1.82, 2.24) is 5.32 Å². The third kappa shape index (κ3) is 3.36. The molecule has 1 atom stereocenters. The van der Waals surface area contributed by atoms with Crippen LogP contribution in [0.1, 0.15) is 6.42 Å². The third-order valence-electron chi connectivity index (χ3n) is 3.51. The van der Waals surface area contributed by atoms with Gasteiger partial charge in [-0.3, -0.25) is 14.4 Å². The predicted molar refractivity (Wildman–Crippen MR) is 78.5 cm³/mol. The first-order chi connectivity index (χ1) is 10.6. The summed E-state index contributed by atoms with van der Waals surface area (Å²) < 4.78 is 9.70. The second-order valence-electron chi connectivity index (χ2n) is 4.87. The minimum absolute atomic E-state index is 0.102. The molecule has 0 aromatic heterocycles. The van der Waals surface area contributed by atoms with E-state index in [4.69, 9.17) is 4.74 Å². The summed E-state index contributed by atoms with van der Waals surface area (Å²) in [5, 5.41) is 2.47. The molecule has 7 nitrogen and oxygen atoms in total. The van der Waals surface area contributed by atoms with Gasteiger partial charge in [-0.05, 0) is 12.1 Å². The summed E-state index contributed by atoms with van der Waals surface area (Å²) in [6, 6.07) is 7.14. The molecule has 1 aromatic rings. The molecule has 0 radical (unpaired) electrons. The van der Waals surface area contributed by atoms with Crippen LogP contribution < -0.4 is 15.0 Å². The smallest absolute Gasteiger partial charge is 0.325 e. The zero-order valence-electron chi connectivity index (χ0n) is 12.5. The molecule has 1 fully saturated rings. The number of nitrogens with zero attached hydrogens (tertiary/aromatic N) is 1. The molecule has 2 amide bonds. The monoisotopic (exact) mass is 306 g/mol. The van der Waals surface area contributed by atoms with E-state index < -0.39 is 11.9 Å². The number of methoxy groups -OCH3 is 2. The Hall–Kier alpha value is -2.57. The van der Waals surface area contributed by atoms with Gasteiger partial charge in [-0.25, -0.2) is 0 Å². The molecule has 22 heavy (non-hydrogen) atoms. The van der Waals surface area contributed by atoms with Crippen molar-refractivity contribution < 1.29 is 23.9 Å². The number of para-hydroxylation sites is 2. The second-order valence-corrected chi connectivity index (χ2v) is 4.87. The lowest BCUT2D eigenvalue weighted by molar-refractivity contribution is -0.141. The Labute approximate surface area is 128 Å². The lowest BCUT2D eigenvalue weighted by Gasteiger charge is -2.19. The van der Waals surface area contributed by atoms with Gasteiger partial charge >= 0.3 is 5.97 Å². The summed E-state index contributed by atoms with van der Waals surface area (Å²) in [5.41, 5.74) is 0.637. The first kappa shape index (κ1) is 15.8. The highest BCUT2D eigenvalue weighted by Gasteiger charge is 2.36. The molecule has 118 valence electrons. The maximum Gasteiger partial charge on any atom is 0.325 e. The quantitative estimate of drug-likeness (QED) is 0.793. The van der Waals surface area contributed by atoms with E-state index >= 15 is 0 Å². The predicted octanol–water partition coefficient (Wildman–Crippen LogP) is 0.337. The van der Waals surface area contributed by atoms with Crippen LogP contribution in [0.15, 0.2) is 24.3 Å². The Morgan fingerprint density at radius 1 is 1.32 bits per heavy atom. The van der Waals surface area contributed by atoms with Gasteiger partial charge in [-0.1, -0.05) is 12.1 Å². The first-order valence-electron chi connectivity index (χ1n) is 6.84. The molecule has 1 aliphatic rings. The van der Waals surface area contributed by atoms with Gasteiger partial charge in [0.25, 0.3) is 0 Å². The number of rotatable bonds is 5. The molecule has 1 aliphatic heterocycles. The number of nitrogens with one attached hydrogen (secondary N) is 1. The van der Waals surface area contributed by atoms with E-state index in [1.165, 1.54) is 19.1 Å². The van der Waals surface area contributed by atoms with Gasteiger partial charge in [0.1, 0.15) is 12.3 Å². The van der Waals surface area contributed by atoms with E-state index in [9.17, 15) is 14.4 Å². The lowest BCUT2D eigenvalue weighted by Crippen LogP contribution is -2.36. The molecule has 0 aliphatic carbocycles. The molecule has 1 unspecified atom stereocenters. The molecule has 0 bridgehead atoms. The number of ether oxygens (including phenoxy) is 2. The van der Waals surface area contributed by atoms with Crippen LogP contribution in [0.25, 0.3) is 0 Å². The van der Waals surface area contributed by atoms with Crippen molar-refractivity contribution in [3.63, 3.8) is 0 Å². The molecule has 1 aromatic carbocycles. The lowest BCUT2D eigenvalue weighted by atomic mass is 10.1. The number of hydrogen-bond donors (Lipinski definition) is 1. The molecular weight excluding hydrogens is 288 g/mol. The van der Waals surface area contributed by atoms with E-state index in [0.717, 1.165) is 0 Å². The van der Waals surface area contributed by atoms with Crippen molar-refractivity contribution in [2.24, 2.45) is 5.92 Å². The summed E-state index contributed by atoms with van der Waals surface area (Å²) in [6.45, 7) is 0.0564. The minimum Gasteiger partial charge on any atom is -0.495 e. The molecular formula is C15H18N2O5. The topological polar surface area (TPSA) is 84.9 Å². The Balaban J connectivity index is 2.04. The van der Waals surface area contributed by atoms with E-state index in [2.05, 4.69) is 10.1 Å². The molecule has 1 N–H and O–H groups in total. The number of amides is 2. The van der Waals surface area contributed by atoms with Gasteiger partial charge in [0, 0.05) is 13.0 Å². The summed E-state index contributed by atoms with van der Waals surface area (Å²) in [6.07, 6.45) is 0.102. The zero-order valence-corrected chi connectivity index (χ0v) is 12.5. The maximum absolute atomic E-state index is 12.2. The first-order valence-corrected chi connectivity index (χ1v) is 6.84. The van der Waals surface area contributed by atoms with Crippen LogP contribution in [0.5, 0.6) is 5.75 Å². The van der Waals surface area contributed by atoms with Gasteiger partial charge in [-0.2, -0.15) is 0 Å². The number of carbonyl (C=O) groups is 3. The Bertz CT molecular complexity index is 587. The van der Waals surface area contributed by atoms with Gasteiger partial charge in [0.15, 0.2) is 0 Å². The van der Waals surface area contributed by atoms with Crippen molar-refractivity contribution in [3.05, 3.63) is 24.3 Å². The number of hydrogen-bond acceptors (Lipinski definition) is 5. The SMILES string of the molecule is COC(=O)CNC(=O)C1CC(=O)N(c2ccccc2OC)C1. The highest BCUT2D eigenvalue weighted by atomic mass is 16.5. The van der Waals surface area contributed by atoms with Crippen LogP contribution in [-0.4, -0.2) is 45.1 Å². The van der Waals surface area contributed by atoms with Crippen molar-refractivity contribution in [1.29, 1.82) is 0 Å². The van der Waals surface area contributed by atoms with Crippen LogP contribution in [-0.2, 0) is 19.1 Å². The van der Waals surface area contributed by atoms with Crippen LogP contribution >= 0.6 is 0 Å². The van der Waals surface area contributed by atoms with Gasteiger partial charge in [0.05, 0.1) is 25.8 Å². The fourth-order valence-corrected chi connectivity index (χ4v) is 2.34. The summed E-state index contributed by atoms with van der Waals surface area (Å²) >= 11 is 0. The summed E-state index contributed by atoms with van der Waals surface area (Å²) in [4.78, 5) is 36.7. The van der Waals surface area contributed by atoms with Crippen molar-refractivity contribution in [2.75, 3.05) is 32.2 Å². The average molecular weight is 306 g/mol. The average Bonchev–Trinajstić information content (AvgIpc) is 2.93. The number of anilines is 1. The number of benzene rings is 1. The zero-order chi connectivity index (χ0) is 16.1. The van der Waals surface area contributed by atoms with Crippen LogP contribution in [0, 0.1) is 5.92 Å². The molecule has 7 heteroatoms. The number of carbonyl (C=O) groups excluding carboxylic acids is 3. The highest BCUT2D eigenvalue weighted by Crippen LogP contribution is 2.32. The Morgan fingerprint density at radius 2 is 2.05 bits per heavy atom. The van der Waals surface area contributed by atoms with Gasteiger partial charge in [-0.15, -0.1) is 0 Å². The molecule has 1 heterocycles. The molecule has 0 saturated carbocycles. The summed E-state index contributed by atoms with van der Waals surface area (Å²) in [7, 11) is 2.77. The van der Waals surface area contributed by atoms with Crippen LogP contribution in [0.3, 0.4) is 0 Å². The third-order valence-corrected chi connectivity index (χ3v) is 3.51. The largest absolute Gasteiger partial charge is 0.495 e. The molecule has 2 rings (SSSR count). The summed E-state index contributed by atoms with van der Waals surface area (Å²) in [5.74, 6) is -0.938. The fourth-order valence-electron chi connectivity index (χ4n) is 2.34. The molecule has 1 saturated heterocycles. The van der Waals surface area contributed by atoms with Crippen LogP contribution in [0.4, 0.5) is 5.69 Å². The minimum atomic E-state index is -0.528. The second kappa shape index (κ2) is 6.93. The maximum atomic E-state index is 12.2. The van der Waals surface area contributed by atoms with E-state index in [1.807, 2.05) is 6.07 Å². The van der Waals surface area contributed by atoms with Crippen LogP contribution in [0.2, 0.25) is 0 Å². The van der Waals surface area contributed by atoms with Gasteiger partial charge in [0.2, 0.25) is 11.8 Å². The van der Waals surface area contributed by atoms with E-state index in [-0.39, 0.29) is 31.3 Å². The highest BCUT2D eigenvalue weighted by molar-refractivity contribution is 6.01.